The van der Waals surface area contributed by atoms with Gasteiger partial charge in [-0.1, -0.05) is 23.7 Å². The summed E-state index contributed by atoms with van der Waals surface area (Å²) < 4.78 is 15.9. The van der Waals surface area contributed by atoms with E-state index in [1.807, 2.05) is 24.3 Å². The first-order valence-corrected chi connectivity index (χ1v) is 9.28. The van der Waals surface area contributed by atoms with Gasteiger partial charge in [-0.05, 0) is 58.2 Å². The van der Waals surface area contributed by atoms with Gasteiger partial charge in [-0.25, -0.2) is 4.79 Å². The molecule has 0 saturated carbocycles. The Bertz CT molecular complexity index is 782. The van der Waals surface area contributed by atoms with Crippen LogP contribution in [0.25, 0.3) is 0 Å². The highest BCUT2D eigenvalue weighted by molar-refractivity contribution is 9.10. The standard InChI is InChI=1S/C19H19BrClNO5/c1-25-15-5-2-13(3-6-15)8-9-22-18(23)11-27-19(24)12-26-17-7-4-14(21)10-16(17)20/h2-7,10H,8-9,11-12H2,1H3,(H,22,23). The topological polar surface area (TPSA) is 73.9 Å². The van der Waals surface area contributed by atoms with E-state index in [9.17, 15) is 9.59 Å². The number of methoxy groups -OCH3 is 1. The molecular formula is C19H19BrClNO5. The number of hydrogen-bond donors (Lipinski definition) is 1. The maximum Gasteiger partial charge on any atom is 0.344 e. The predicted molar refractivity (Wildman–Crippen MR) is 105 cm³/mol. The Morgan fingerprint density at radius 1 is 1.11 bits per heavy atom. The first-order chi connectivity index (χ1) is 13.0. The maximum absolute atomic E-state index is 11.7. The fraction of sp³-hybridized carbons (Fsp3) is 0.263. The number of benzene rings is 2. The lowest BCUT2D eigenvalue weighted by molar-refractivity contribution is -0.150. The van der Waals surface area contributed by atoms with Crippen LogP contribution in [-0.4, -0.2) is 38.7 Å². The van der Waals surface area contributed by atoms with Crippen molar-refractivity contribution in [2.24, 2.45) is 0 Å². The summed E-state index contributed by atoms with van der Waals surface area (Å²) in [5.74, 6) is 0.231. The van der Waals surface area contributed by atoms with Gasteiger partial charge >= 0.3 is 5.97 Å². The number of rotatable bonds is 9. The Hall–Kier alpha value is -2.25. The Balaban J connectivity index is 1.63. The Labute approximate surface area is 170 Å². The summed E-state index contributed by atoms with van der Waals surface area (Å²) in [6, 6.07) is 12.5. The van der Waals surface area contributed by atoms with E-state index in [-0.39, 0.29) is 19.1 Å². The molecule has 2 rings (SSSR count). The molecule has 1 N–H and O–H groups in total. The molecule has 0 aliphatic rings. The largest absolute Gasteiger partial charge is 0.497 e. The molecule has 0 atom stereocenters. The molecule has 1 amide bonds. The quantitative estimate of drug-likeness (QED) is 0.586. The zero-order valence-electron chi connectivity index (χ0n) is 14.7. The van der Waals surface area contributed by atoms with Gasteiger partial charge < -0.3 is 19.5 Å². The fourth-order valence-corrected chi connectivity index (χ4v) is 2.90. The van der Waals surface area contributed by atoms with Gasteiger partial charge in [0.05, 0.1) is 11.6 Å². The minimum atomic E-state index is -0.637. The van der Waals surface area contributed by atoms with Crippen molar-refractivity contribution in [3.63, 3.8) is 0 Å². The number of halogens is 2. The maximum atomic E-state index is 11.7. The van der Waals surface area contributed by atoms with E-state index in [0.717, 1.165) is 11.3 Å². The van der Waals surface area contributed by atoms with E-state index in [1.165, 1.54) is 0 Å². The molecule has 0 aliphatic heterocycles. The van der Waals surface area contributed by atoms with Gasteiger partial charge in [-0.15, -0.1) is 0 Å². The van der Waals surface area contributed by atoms with Gasteiger partial charge in [0.1, 0.15) is 11.5 Å². The Morgan fingerprint density at radius 3 is 2.52 bits per heavy atom. The Morgan fingerprint density at radius 2 is 1.85 bits per heavy atom. The molecule has 0 unspecified atom stereocenters. The number of esters is 1. The first kappa shape index (κ1) is 21.1. The predicted octanol–water partition coefficient (Wildman–Crippen LogP) is 3.39. The van der Waals surface area contributed by atoms with E-state index in [4.69, 9.17) is 25.8 Å². The first-order valence-electron chi connectivity index (χ1n) is 8.11. The molecule has 27 heavy (non-hydrogen) atoms. The second kappa shape index (κ2) is 10.8. The summed E-state index contributed by atoms with van der Waals surface area (Å²) in [6.07, 6.45) is 0.664. The average Bonchev–Trinajstić information content (AvgIpc) is 2.66. The van der Waals surface area contributed by atoms with Crippen molar-refractivity contribution in [1.82, 2.24) is 5.32 Å². The van der Waals surface area contributed by atoms with E-state index in [1.54, 1.807) is 25.3 Å². The molecule has 0 saturated heterocycles. The molecule has 8 heteroatoms. The number of ether oxygens (including phenoxy) is 3. The third-order valence-electron chi connectivity index (χ3n) is 3.50. The van der Waals surface area contributed by atoms with E-state index in [2.05, 4.69) is 21.2 Å². The molecule has 0 spiro atoms. The van der Waals surface area contributed by atoms with Gasteiger partial charge in [0.25, 0.3) is 5.91 Å². The summed E-state index contributed by atoms with van der Waals surface area (Å²) in [5, 5.41) is 3.24. The second-order valence-electron chi connectivity index (χ2n) is 5.47. The van der Waals surface area contributed by atoms with Crippen LogP contribution >= 0.6 is 27.5 Å². The second-order valence-corrected chi connectivity index (χ2v) is 6.76. The highest BCUT2D eigenvalue weighted by Gasteiger charge is 2.10. The molecule has 6 nitrogen and oxygen atoms in total. The van der Waals surface area contributed by atoms with Crippen LogP contribution in [0, 0.1) is 0 Å². The minimum absolute atomic E-state index is 0.306. The van der Waals surface area contributed by atoms with Gasteiger partial charge in [0.15, 0.2) is 13.2 Å². The molecule has 0 fully saturated rings. The fourth-order valence-electron chi connectivity index (χ4n) is 2.11. The summed E-state index contributed by atoms with van der Waals surface area (Å²) >= 11 is 9.11. The van der Waals surface area contributed by atoms with Crippen LogP contribution in [0.3, 0.4) is 0 Å². The summed E-state index contributed by atoms with van der Waals surface area (Å²) in [4.78, 5) is 23.4. The molecule has 0 heterocycles. The highest BCUT2D eigenvalue weighted by atomic mass is 79.9. The van der Waals surface area contributed by atoms with Crippen LogP contribution in [0.15, 0.2) is 46.9 Å². The monoisotopic (exact) mass is 455 g/mol. The number of carbonyl (C=O) groups is 2. The number of hydrogen-bond acceptors (Lipinski definition) is 5. The zero-order valence-corrected chi connectivity index (χ0v) is 17.0. The van der Waals surface area contributed by atoms with Crippen molar-refractivity contribution in [3.05, 3.63) is 57.5 Å². The third-order valence-corrected chi connectivity index (χ3v) is 4.35. The van der Waals surface area contributed by atoms with Crippen molar-refractivity contribution < 1.29 is 23.8 Å². The van der Waals surface area contributed by atoms with Crippen LogP contribution in [0.1, 0.15) is 5.56 Å². The lowest BCUT2D eigenvalue weighted by Crippen LogP contribution is -2.31. The Kier molecular flexibility index (Phi) is 8.42. The molecule has 2 aromatic rings. The zero-order chi connectivity index (χ0) is 19.6. The van der Waals surface area contributed by atoms with Crippen molar-refractivity contribution in [2.45, 2.75) is 6.42 Å². The third kappa shape index (κ3) is 7.48. The average molecular weight is 457 g/mol. The van der Waals surface area contributed by atoms with Crippen LogP contribution < -0.4 is 14.8 Å². The SMILES string of the molecule is COc1ccc(CCNC(=O)COC(=O)COc2ccc(Cl)cc2Br)cc1. The van der Waals surface area contributed by atoms with Crippen LogP contribution in [0.4, 0.5) is 0 Å². The minimum Gasteiger partial charge on any atom is -0.497 e. The van der Waals surface area contributed by atoms with Crippen molar-refractivity contribution in [3.8, 4) is 11.5 Å². The van der Waals surface area contributed by atoms with E-state index < -0.39 is 5.97 Å². The normalized spacial score (nSPS) is 10.2. The van der Waals surface area contributed by atoms with Gasteiger partial charge in [-0.3, -0.25) is 4.79 Å². The van der Waals surface area contributed by atoms with Crippen LogP contribution in [0.5, 0.6) is 11.5 Å². The molecule has 144 valence electrons. The van der Waals surface area contributed by atoms with Gasteiger partial charge in [-0.2, -0.15) is 0 Å². The lowest BCUT2D eigenvalue weighted by Gasteiger charge is -2.09. The number of carbonyl (C=O) groups excluding carboxylic acids is 2. The summed E-state index contributed by atoms with van der Waals surface area (Å²) in [7, 11) is 1.61. The molecule has 2 aromatic carbocycles. The molecule has 0 aromatic heterocycles. The van der Waals surface area contributed by atoms with E-state index in [0.29, 0.717) is 28.2 Å². The van der Waals surface area contributed by atoms with Crippen molar-refractivity contribution >= 4 is 39.4 Å². The molecule has 0 bridgehead atoms. The number of nitrogens with one attached hydrogen (secondary N) is 1. The van der Waals surface area contributed by atoms with Gasteiger partial charge in [0.2, 0.25) is 0 Å². The van der Waals surface area contributed by atoms with Crippen molar-refractivity contribution in [2.75, 3.05) is 26.9 Å². The van der Waals surface area contributed by atoms with Crippen molar-refractivity contribution in [1.29, 1.82) is 0 Å². The smallest absolute Gasteiger partial charge is 0.344 e. The summed E-state index contributed by atoms with van der Waals surface area (Å²) in [6.45, 7) is -0.219. The van der Waals surface area contributed by atoms with Crippen LogP contribution in [0.2, 0.25) is 5.02 Å². The summed E-state index contributed by atoms with van der Waals surface area (Å²) in [5.41, 5.74) is 1.06. The molecule has 0 radical (unpaired) electrons. The van der Waals surface area contributed by atoms with E-state index >= 15 is 0 Å². The lowest BCUT2D eigenvalue weighted by atomic mass is 10.1. The van der Waals surface area contributed by atoms with Gasteiger partial charge in [0, 0.05) is 11.6 Å². The molecule has 0 aliphatic carbocycles. The number of amides is 1. The highest BCUT2D eigenvalue weighted by Crippen LogP contribution is 2.27. The van der Waals surface area contributed by atoms with Crippen LogP contribution in [-0.2, 0) is 20.7 Å². The molecular weight excluding hydrogens is 438 g/mol.